The molecule has 0 atom stereocenters. The van der Waals surface area contributed by atoms with Crippen molar-refractivity contribution in [1.29, 1.82) is 0 Å². The molecule has 0 unspecified atom stereocenters. The number of fused-ring (bicyclic) bond motifs is 3. The zero-order chi connectivity index (χ0) is 12.7. The van der Waals surface area contributed by atoms with E-state index in [9.17, 15) is 4.79 Å². The van der Waals surface area contributed by atoms with Crippen LogP contribution in [-0.4, -0.2) is 17.4 Å². The highest BCUT2D eigenvalue weighted by molar-refractivity contribution is 9.10. The number of rotatable bonds is 1. The van der Waals surface area contributed by atoms with Gasteiger partial charge >= 0.3 is 0 Å². The van der Waals surface area contributed by atoms with Crippen molar-refractivity contribution >= 4 is 33.0 Å². The van der Waals surface area contributed by atoms with E-state index in [1.807, 2.05) is 18.2 Å². The molecule has 0 fully saturated rings. The minimum Gasteiger partial charge on any atom is -0.493 e. The number of carbonyl (C=O) groups is 1. The van der Waals surface area contributed by atoms with Crippen LogP contribution >= 0.6 is 27.3 Å². The number of ketones is 1. The minimum absolute atomic E-state index is 0.0190. The fourth-order valence-electron chi connectivity index (χ4n) is 1.95. The molecule has 18 heavy (non-hydrogen) atoms. The van der Waals surface area contributed by atoms with Gasteiger partial charge in [0.25, 0.3) is 0 Å². The SMILES string of the molecule is CC(=O)c1nc2c(s1)CCOc1ccc(Br)cc1-2. The molecule has 3 rings (SSSR count). The van der Waals surface area contributed by atoms with Crippen LogP contribution in [0.2, 0.25) is 0 Å². The van der Waals surface area contributed by atoms with Crippen molar-refractivity contribution in [3.63, 3.8) is 0 Å². The summed E-state index contributed by atoms with van der Waals surface area (Å²) in [5.74, 6) is 0.850. The fraction of sp³-hybridized carbons (Fsp3) is 0.231. The Morgan fingerprint density at radius 1 is 1.50 bits per heavy atom. The topological polar surface area (TPSA) is 39.2 Å². The lowest BCUT2D eigenvalue weighted by Gasteiger charge is -2.06. The van der Waals surface area contributed by atoms with Crippen molar-refractivity contribution in [2.75, 3.05) is 6.61 Å². The maximum absolute atomic E-state index is 11.4. The van der Waals surface area contributed by atoms with Gasteiger partial charge in [-0.15, -0.1) is 11.3 Å². The molecule has 1 aliphatic heterocycles. The zero-order valence-electron chi connectivity index (χ0n) is 9.70. The number of aromatic nitrogens is 1. The third-order valence-corrected chi connectivity index (χ3v) is 4.49. The molecule has 0 spiro atoms. The summed E-state index contributed by atoms with van der Waals surface area (Å²) in [5.41, 5.74) is 1.85. The molecule has 2 aromatic rings. The largest absolute Gasteiger partial charge is 0.493 e. The Kier molecular flexibility index (Phi) is 2.95. The van der Waals surface area contributed by atoms with Crippen LogP contribution in [-0.2, 0) is 6.42 Å². The number of hydrogen-bond acceptors (Lipinski definition) is 4. The molecular weight excluding hydrogens is 314 g/mol. The lowest BCUT2D eigenvalue weighted by atomic mass is 10.1. The van der Waals surface area contributed by atoms with Crippen molar-refractivity contribution in [3.8, 4) is 17.0 Å². The summed E-state index contributed by atoms with van der Waals surface area (Å²) in [7, 11) is 0. The van der Waals surface area contributed by atoms with Gasteiger partial charge < -0.3 is 4.74 Å². The molecule has 1 aromatic heterocycles. The first-order chi connectivity index (χ1) is 8.65. The zero-order valence-corrected chi connectivity index (χ0v) is 12.1. The molecule has 0 N–H and O–H groups in total. The van der Waals surface area contributed by atoms with Gasteiger partial charge in [0.05, 0.1) is 12.3 Å². The normalized spacial score (nSPS) is 13.2. The average Bonchev–Trinajstić information content (AvgIpc) is 2.68. The number of hydrogen-bond donors (Lipinski definition) is 0. The third kappa shape index (κ3) is 1.97. The summed E-state index contributed by atoms with van der Waals surface area (Å²) in [6.45, 7) is 2.18. The molecule has 3 nitrogen and oxygen atoms in total. The molecule has 92 valence electrons. The van der Waals surface area contributed by atoms with Crippen LogP contribution in [0.15, 0.2) is 22.7 Å². The molecule has 0 aliphatic carbocycles. The van der Waals surface area contributed by atoms with Crippen molar-refractivity contribution in [2.45, 2.75) is 13.3 Å². The number of benzene rings is 1. The second kappa shape index (κ2) is 4.48. The van der Waals surface area contributed by atoms with Gasteiger partial charge in [-0.05, 0) is 18.2 Å². The third-order valence-electron chi connectivity index (χ3n) is 2.78. The van der Waals surface area contributed by atoms with Crippen molar-refractivity contribution in [1.82, 2.24) is 4.98 Å². The highest BCUT2D eigenvalue weighted by Crippen LogP contribution is 2.38. The number of ether oxygens (including phenoxy) is 1. The molecule has 2 heterocycles. The number of halogens is 1. The van der Waals surface area contributed by atoms with Gasteiger partial charge in [-0.3, -0.25) is 4.79 Å². The molecule has 0 saturated carbocycles. The van der Waals surface area contributed by atoms with Gasteiger partial charge in [-0.1, -0.05) is 15.9 Å². The van der Waals surface area contributed by atoms with Gasteiger partial charge in [0.2, 0.25) is 0 Å². The molecule has 1 aliphatic rings. The standard InChI is InChI=1S/C13H10BrNO2S/c1-7(16)13-15-12-9-6-8(14)2-3-10(9)17-5-4-11(12)18-13/h2-3,6H,4-5H2,1H3. The predicted molar refractivity (Wildman–Crippen MR) is 74.5 cm³/mol. The summed E-state index contributed by atoms with van der Waals surface area (Å²) in [4.78, 5) is 17.0. The van der Waals surface area contributed by atoms with E-state index >= 15 is 0 Å². The van der Waals surface area contributed by atoms with E-state index < -0.39 is 0 Å². The van der Waals surface area contributed by atoms with E-state index in [4.69, 9.17) is 4.74 Å². The maximum atomic E-state index is 11.4. The van der Waals surface area contributed by atoms with Crippen LogP contribution < -0.4 is 4.74 Å². The first-order valence-electron chi connectivity index (χ1n) is 5.58. The van der Waals surface area contributed by atoms with Gasteiger partial charge in [0, 0.05) is 28.3 Å². The van der Waals surface area contributed by atoms with Crippen LogP contribution in [0.5, 0.6) is 5.75 Å². The van der Waals surface area contributed by atoms with Gasteiger partial charge in [0.15, 0.2) is 10.8 Å². The Labute approximate surface area is 117 Å². The van der Waals surface area contributed by atoms with Gasteiger partial charge in [-0.25, -0.2) is 4.98 Å². The number of thiazole rings is 1. The summed E-state index contributed by atoms with van der Waals surface area (Å²) in [6, 6.07) is 5.87. The van der Waals surface area contributed by atoms with Gasteiger partial charge in [0.1, 0.15) is 5.75 Å². The van der Waals surface area contributed by atoms with E-state index in [2.05, 4.69) is 20.9 Å². The van der Waals surface area contributed by atoms with Crippen LogP contribution in [0, 0.1) is 0 Å². The molecule has 1 aromatic carbocycles. The van der Waals surface area contributed by atoms with E-state index in [1.54, 1.807) is 6.92 Å². The van der Waals surface area contributed by atoms with Crippen molar-refractivity contribution < 1.29 is 9.53 Å². The minimum atomic E-state index is 0.0190. The summed E-state index contributed by atoms with van der Waals surface area (Å²) < 4.78 is 6.69. The fourth-order valence-corrected chi connectivity index (χ4v) is 3.26. The number of nitrogens with zero attached hydrogens (tertiary/aromatic N) is 1. The molecule has 0 radical (unpaired) electrons. The summed E-state index contributed by atoms with van der Waals surface area (Å²) >= 11 is 4.93. The summed E-state index contributed by atoms with van der Waals surface area (Å²) in [6.07, 6.45) is 0.798. The molecule has 0 saturated heterocycles. The van der Waals surface area contributed by atoms with Crippen molar-refractivity contribution in [3.05, 3.63) is 32.6 Å². The highest BCUT2D eigenvalue weighted by Gasteiger charge is 2.21. The lowest BCUT2D eigenvalue weighted by molar-refractivity contribution is 0.101. The second-order valence-corrected chi connectivity index (χ2v) is 6.09. The van der Waals surface area contributed by atoms with Crippen LogP contribution in [0.1, 0.15) is 21.6 Å². The quantitative estimate of drug-likeness (QED) is 0.751. The molecular formula is C13H10BrNO2S. The Bertz CT molecular complexity index is 636. The maximum Gasteiger partial charge on any atom is 0.188 e. The van der Waals surface area contributed by atoms with Crippen LogP contribution in [0.25, 0.3) is 11.3 Å². The predicted octanol–water partition coefficient (Wildman–Crippen LogP) is 3.71. The van der Waals surface area contributed by atoms with E-state index in [1.165, 1.54) is 11.3 Å². The molecule has 5 heteroatoms. The first kappa shape index (κ1) is 11.9. The molecule has 0 bridgehead atoms. The Morgan fingerprint density at radius 2 is 2.33 bits per heavy atom. The van der Waals surface area contributed by atoms with Crippen molar-refractivity contribution in [2.24, 2.45) is 0 Å². The average molecular weight is 324 g/mol. The monoisotopic (exact) mass is 323 g/mol. The van der Waals surface area contributed by atoms with E-state index in [-0.39, 0.29) is 5.78 Å². The van der Waals surface area contributed by atoms with Gasteiger partial charge in [-0.2, -0.15) is 0 Å². The van der Waals surface area contributed by atoms with Crippen LogP contribution in [0.4, 0.5) is 0 Å². The highest BCUT2D eigenvalue weighted by atomic mass is 79.9. The second-order valence-electron chi connectivity index (χ2n) is 4.09. The summed E-state index contributed by atoms with van der Waals surface area (Å²) in [5, 5.41) is 0.577. The smallest absolute Gasteiger partial charge is 0.188 e. The van der Waals surface area contributed by atoms with Crippen LogP contribution in [0.3, 0.4) is 0 Å². The number of Topliss-reactive ketones (excluding diaryl/α,β-unsaturated/α-hetero) is 1. The number of carbonyl (C=O) groups excluding carboxylic acids is 1. The molecule has 0 amide bonds. The Morgan fingerprint density at radius 3 is 3.11 bits per heavy atom. The lowest BCUT2D eigenvalue weighted by Crippen LogP contribution is -1.97. The Hall–Kier alpha value is -1.20. The first-order valence-corrected chi connectivity index (χ1v) is 7.19. The van der Waals surface area contributed by atoms with E-state index in [0.29, 0.717) is 11.6 Å². The Balaban J connectivity index is 2.22. The van der Waals surface area contributed by atoms with E-state index in [0.717, 1.165) is 32.8 Å².